The molecular formula is C29H21F2N5O3. The lowest BCUT2D eigenvalue weighted by Crippen LogP contribution is -2.34. The third kappa shape index (κ3) is 4.42. The van der Waals surface area contributed by atoms with Crippen LogP contribution >= 0.6 is 0 Å². The van der Waals surface area contributed by atoms with Crippen molar-refractivity contribution in [2.24, 2.45) is 0 Å². The predicted molar refractivity (Wildman–Crippen MR) is 145 cm³/mol. The number of H-pyrrole nitrogens is 1. The lowest BCUT2D eigenvalue weighted by Gasteiger charge is -2.28. The molecule has 3 aromatic heterocycles. The van der Waals surface area contributed by atoms with Gasteiger partial charge >= 0.3 is 0 Å². The molecule has 39 heavy (non-hydrogen) atoms. The normalized spacial score (nSPS) is 12.4. The maximum Gasteiger partial charge on any atom is 0.269 e. The van der Waals surface area contributed by atoms with E-state index < -0.39 is 23.1 Å². The Kier molecular flexibility index (Phi) is 5.91. The number of halogens is 2. The molecule has 5 aromatic rings. The van der Waals surface area contributed by atoms with Gasteiger partial charge in [-0.15, -0.1) is 0 Å². The zero-order chi connectivity index (χ0) is 27.1. The molecule has 0 saturated carbocycles. The van der Waals surface area contributed by atoms with Gasteiger partial charge in [0.25, 0.3) is 11.5 Å². The highest BCUT2D eigenvalue weighted by Crippen LogP contribution is 2.31. The number of anilines is 2. The minimum absolute atomic E-state index is 0.0395. The van der Waals surface area contributed by atoms with Crippen LogP contribution in [0.1, 0.15) is 15.9 Å². The Morgan fingerprint density at radius 3 is 2.67 bits per heavy atom. The van der Waals surface area contributed by atoms with E-state index in [0.29, 0.717) is 40.4 Å². The Labute approximate surface area is 220 Å². The molecule has 8 nitrogen and oxygen atoms in total. The van der Waals surface area contributed by atoms with Gasteiger partial charge in [-0.1, -0.05) is 12.2 Å². The van der Waals surface area contributed by atoms with Gasteiger partial charge in [-0.25, -0.2) is 13.8 Å². The van der Waals surface area contributed by atoms with Crippen molar-refractivity contribution in [1.29, 1.82) is 0 Å². The molecule has 6 rings (SSSR count). The Hall–Kier alpha value is -5.25. The van der Waals surface area contributed by atoms with Gasteiger partial charge in [-0.2, -0.15) is 0 Å². The highest BCUT2D eigenvalue weighted by atomic mass is 19.1. The first-order chi connectivity index (χ1) is 18.9. The zero-order valence-corrected chi connectivity index (χ0v) is 20.6. The number of nitrogens with one attached hydrogen (secondary N) is 2. The zero-order valence-electron chi connectivity index (χ0n) is 20.6. The number of likely N-dealkylation sites (N-methyl/N-ethyl adjacent to an activating group) is 1. The summed E-state index contributed by atoms with van der Waals surface area (Å²) < 4.78 is 35.7. The van der Waals surface area contributed by atoms with E-state index in [4.69, 9.17) is 4.74 Å². The molecule has 0 atom stereocenters. The van der Waals surface area contributed by atoms with Crippen LogP contribution in [0.2, 0.25) is 0 Å². The summed E-state index contributed by atoms with van der Waals surface area (Å²) in [6.45, 7) is 0.558. The second-order valence-corrected chi connectivity index (χ2v) is 8.99. The predicted octanol–water partition coefficient (Wildman–Crippen LogP) is 5.50. The van der Waals surface area contributed by atoms with Crippen LogP contribution in [0.3, 0.4) is 0 Å². The number of hydrogen-bond donors (Lipinski definition) is 2. The fraction of sp³-hybridized carbons (Fsp3) is 0.0690. The van der Waals surface area contributed by atoms with Crippen LogP contribution in [-0.4, -0.2) is 34.0 Å². The maximum absolute atomic E-state index is 15.0. The number of aromatic amines is 1. The maximum atomic E-state index is 15.0. The van der Waals surface area contributed by atoms with Crippen molar-refractivity contribution in [2.45, 2.75) is 0 Å². The molecule has 1 aliphatic rings. The number of carbonyl (C=O) groups is 1. The van der Waals surface area contributed by atoms with Gasteiger partial charge < -0.3 is 19.9 Å². The third-order valence-corrected chi connectivity index (χ3v) is 6.40. The molecule has 0 spiro atoms. The summed E-state index contributed by atoms with van der Waals surface area (Å²) in [6.07, 6.45) is 6.97. The number of pyridine rings is 2. The van der Waals surface area contributed by atoms with E-state index in [1.54, 1.807) is 24.5 Å². The van der Waals surface area contributed by atoms with Gasteiger partial charge in [-0.05, 0) is 54.6 Å². The largest absolute Gasteiger partial charge is 0.453 e. The van der Waals surface area contributed by atoms with Crippen LogP contribution in [0.15, 0.2) is 83.9 Å². The van der Waals surface area contributed by atoms with Crippen molar-refractivity contribution in [3.05, 3.63) is 112 Å². The molecule has 194 valence electrons. The van der Waals surface area contributed by atoms with Crippen molar-refractivity contribution in [1.82, 2.24) is 14.5 Å². The monoisotopic (exact) mass is 525 g/mol. The van der Waals surface area contributed by atoms with Crippen LogP contribution in [0.25, 0.3) is 22.8 Å². The number of carbonyl (C=O) groups excluding carboxylic acids is 1. The minimum Gasteiger partial charge on any atom is -0.453 e. The number of hydrogen-bond acceptors (Lipinski definition) is 5. The number of rotatable bonds is 5. The van der Waals surface area contributed by atoms with Gasteiger partial charge in [0.15, 0.2) is 11.6 Å². The van der Waals surface area contributed by atoms with E-state index in [9.17, 15) is 18.4 Å². The number of aromatic nitrogens is 3. The number of benzene rings is 2. The van der Waals surface area contributed by atoms with Gasteiger partial charge in [-0.3, -0.25) is 14.2 Å². The Morgan fingerprint density at radius 2 is 1.87 bits per heavy atom. The van der Waals surface area contributed by atoms with Crippen molar-refractivity contribution in [3.8, 4) is 17.2 Å². The standard InChI is InChI=1S/C29H21F2N5O3/c1-35-14-2-3-17-15-22(29(38)36(28(17)35)20-7-4-18(30)5-8-20)27(37)34-19-6-9-25(23(31)16-19)39-24-11-13-33-26-21(24)10-12-32-26/h2-13,15-16H,14H2,1H3,(H,32,33)(H,34,37). The second-order valence-electron chi connectivity index (χ2n) is 8.99. The molecule has 0 bridgehead atoms. The summed E-state index contributed by atoms with van der Waals surface area (Å²) in [5, 5.41) is 3.30. The molecule has 10 heteroatoms. The van der Waals surface area contributed by atoms with Crippen LogP contribution in [0.5, 0.6) is 11.5 Å². The quantitative estimate of drug-likeness (QED) is 0.316. The summed E-state index contributed by atoms with van der Waals surface area (Å²) in [6, 6.07) is 14.3. The van der Waals surface area contributed by atoms with Crippen molar-refractivity contribution >= 4 is 34.5 Å². The summed E-state index contributed by atoms with van der Waals surface area (Å²) in [5.41, 5.74) is 1.06. The lowest BCUT2D eigenvalue weighted by molar-refractivity contribution is 0.102. The first-order valence-electron chi connectivity index (χ1n) is 12.0. The molecule has 1 aliphatic heterocycles. The summed E-state index contributed by atoms with van der Waals surface area (Å²) in [4.78, 5) is 35.8. The van der Waals surface area contributed by atoms with E-state index in [1.165, 1.54) is 47.0 Å². The van der Waals surface area contributed by atoms with Gasteiger partial charge in [0, 0.05) is 43.3 Å². The van der Waals surface area contributed by atoms with Crippen LogP contribution in [0, 0.1) is 11.6 Å². The summed E-state index contributed by atoms with van der Waals surface area (Å²) in [7, 11) is 1.82. The Morgan fingerprint density at radius 1 is 1.05 bits per heavy atom. The molecule has 0 aliphatic carbocycles. The fourth-order valence-electron chi connectivity index (χ4n) is 4.56. The van der Waals surface area contributed by atoms with Crippen LogP contribution in [-0.2, 0) is 0 Å². The molecule has 0 unspecified atom stereocenters. The van der Waals surface area contributed by atoms with E-state index in [1.807, 2.05) is 24.1 Å². The van der Waals surface area contributed by atoms with E-state index in [2.05, 4.69) is 15.3 Å². The summed E-state index contributed by atoms with van der Waals surface area (Å²) >= 11 is 0. The minimum atomic E-state index is -0.712. The lowest BCUT2D eigenvalue weighted by atomic mass is 10.1. The molecule has 0 fully saturated rings. The highest BCUT2D eigenvalue weighted by molar-refractivity contribution is 6.05. The number of amides is 1. The average Bonchev–Trinajstić information content (AvgIpc) is 3.41. The smallest absolute Gasteiger partial charge is 0.269 e. The number of ether oxygens (including phenoxy) is 1. The van der Waals surface area contributed by atoms with E-state index in [-0.39, 0.29) is 17.0 Å². The summed E-state index contributed by atoms with van der Waals surface area (Å²) in [5.74, 6) is -0.902. The molecule has 0 radical (unpaired) electrons. The average molecular weight is 526 g/mol. The second kappa shape index (κ2) is 9.56. The van der Waals surface area contributed by atoms with Gasteiger partial charge in [0.05, 0.1) is 11.1 Å². The van der Waals surface area contributed by atoms with E-state index >= 15 is 0 Å². The fourth-order valence-corrected chi connectivity index (χ4v) is 4.56. The number of nitrogens with zero attached hydrogens (tertiary/aromatic N) is 3. The van der Waals surface area contributed by atoms with Crippen LogP contribution < -0.4 is 20.5 Å². The molecule has 2 N–H and O–H groups in total. The number of fused-ring (bicyclic) bond motifs is 2. The van der Waals surface area contributed by atoms with Crippen LogP contribution in [0.4, 0.5) is 20.3 Å². The highest BCUT2D eigenvalue weighted by Gasteiger charge is 2.23. The SMILES string of the molecule is CN1CC=Cc2cc(C(=O)Nc3ccc(Oc4ccnc5[nH]ccc45)c(F)c3)c(=O)n(-c3ccc(F)cc3)c21. The van der Waals surface area contributed by atoms with Gasteiger partial charge in [0.2, 0.25) is 0 Å². The molecule has 2 aromatic carbocycles. The van der Waals surface area contributed by atoms with E-state index in [0.717, 1.165) is 6.07 Å². The van der Waals surface area contributed by atoms with Crippen molar-refractivity contribution in [3.63, 3.8) is 0 Å². The molecule has 4 heterocycles. The van der Waals surface area contributed by atoms with Crippen molar-refractivity contribution < 1.29 is 18.3 Å². The molecule has 1 amide bonds. The van der Waals surface area contributed by atoms with Crippen molar-refractivity contribution in [2.75, 3.05) is 23.8 Å². The first-order valence-corrected chi connectivity index (χ1v) is 12.0. The Bertz CT molecular complexity index is 1830. The molecule has 0 saturated heterocycles. The third-order valence-electron chi connectivity index (χ3n) is 6.40. The molecular weight excluding hydrogens is 504 g/mol. The van der Waals surface area contributed by atoms with Gasteiger partial charge in [0.1, 0.15) is 28.6 Å². The first kappa shape index (κ1) is 24.1. The topological polar surface area (TPSA) is 92.2 Å². The Balaban J connectivity index is 1.32.